The molecule has 38 heavy (non-hydrogen) atoms. The van der Waals surface area contributed by atoms with Crippen LogP contribution < -0.4 is 0 Å². The monoisotopic (exact) mass is 528 g/mol. The fraction of sp³-hybridized carbons (Fsp3) is 0.241. The van der Waals surface area contributed by atoms with E-state index >= 15 is 0 Å². The highest BCUT2D eigenvalue weighted by Crippen LogP contribution is 2.51. The van der Waals surface area contributed by atoms with Crippen LogP contribution >= 0.6 is 0 Å². The van der Waals surface area contributed by atoms with Crippen LogP contribution in [0.5, 0.6) is 0 Å². The molecule has 2 aromatic heterocycles. The highest BCUT2D eigenvalue weighted by Gasteiger charge is 2.52. The summed E-state index contributed by atoms with van der Waals surface area (Å²) in [5.74, 6) is -0.626. The second kappa shape index (κ2) is 9.40. The number of allylic oxidation sites excluding steroid dienone is 1. The lowest BCUT2D eigenvalue weighted by Crippen LogP contribution is -2.46. The van der Waals surface area contributed by atoms with E-state index in [4.69, 9.17) is 0 Å². The van der Waals surface area contributed by atoms with Gasteiger partial charge in [0, 0.05) is 12.6 Å². The highest BCUT2D eigenvalue weighted by atomic mass is 32.2. The number of nitrogens with zero attached hydrogens (tertiary/aromatic N) is 4. The van der Waals surface area contributed by atoms with Crippen LogP contribution in [-0.2, 0) is 22.0 Å². The zero-order chi connectivity index (χ0) is 26.3. The van der Waals surface area contributed by atoms with Crippen molar-refractivity contribution in [2.75, 3.05) is 0 Å². The number of fused-ring (bicyclic) bond motifs is 2. The fourth-order valence-electron chi connectivity index (χ4n) is 5.68. The van der Waals surface area contributed by atoms with Gasteiger partial charge in [0.1, 0.15) is 11.5 Å². The molecule has 0 saturated heterocycles. The largest absolute Gasteiger partial charge is 0.291 e. The van der Waals surface area contributed by atoms with E-state index in [2.05, 4.69) is 15.3 Å². The summed E-state index contributed by atoms with van der Waals surface area (Å²) in [5, 5.41) is 7.99. The lowest BCUT2D eigenvalue weighted by Gasteiger charge is -2.43. The minimum Gasteiger partial charge on any atom is -0.291 e. The number of ketones is 1. The van der Waals surface area contributed by atoms with E-state index in [0.29, 0.717) is 29.9 Å². The number of sulfone groups is 1. The first kappa shape index (κ1) is 24.4. The molecule has 0 unspecified atom stereocenters. The number of hydrogen-bond donors (Lipinski definition) is 0. The Labute approximate surface area is 220 Å². The van der Waals surface area contributed by atoms with Gasteiger partial charge >= 0.3 is 0 Å². The van der Waals surface area contributed by atoms with Crippen molar-refractivity contribution in [2.24, 2.45) is 5.41 Å². The molecule has 2 atom stereocenters. The number of pyridine rings is 1. The molecule has 192 valence electrons. The molecule has 2 aliphatic carbocycles. The SMILES string of the molecule is O=C(c1ccccn1)[C@]12Cc3nnn(-c4ccc(F)cc4)c3C=C1CC[C@H](S(=O)(=O)Cc1ccccc1)C2. The average molecular weight is 529 g/mol. The van der Waals surface area contributed by atoms with Gasteiger partial charge in [-0.2, -0.15) is 0 Å². The summed E-state index contributed by atoms with van der Waals surface area (Å²) in [7, 11) is -3.54. The Bertz CT molecular complexity index is 1630. The first-order chi connectivity index (χ1) is 18.4. The summed E-state index contributed by atoms with van der Waals surface area (Å²) in [6.07, 6.45) is 4.74. The maximum Gasteiger partial charge on any atom is 0.191 e. The molecular weight excluding hydrogens is 503 g/mol. The average Bonchev–Trinajstić information content (AvgIpc) is 3.34. The number of carbonyl (C=O) groups is 1. The molecule has 2 aliphatic rings. The van der Waals surface area contributed by atoms with Crippen molar-refractivity contribution in [3.63, 3.8) is 0 Å². The van der Waals surface area contributed by atoms with Crippen LogP contribution in [0.4, 0.5) is 4.39 Å². The molecule has 7 nitrogen and oxygen atoms in total. The number of halogens is 1. The minimum absolute atomic E-state index is 0.0720. The van der Waals surface area contributed by atoms with Crippen molar-refractivity contribution in [3.05, 3.63) is 113 Å². The molecule has 0 amide bonds. The van der Waals surface area contributed by atoms with E-state index in [-0.39, 0.29) is 30.2 Å². The van der Waals surface area contributed by atoms with Gasteiger partial charge in [-0.15, -0.1) is 5.10 Å². The molecule has 1 saturated carbocycles. The van der Waals surface area contributed by atoms with E-state index in [1.165, 1.54) is 12.1 Å². The molecule has 2 heterocycles. The summed E-state index contributed by atoms with van der Waals surface area (Å²) in [4.78, 5) is 18.4. The first-order valence-electron chi connectivity index (χ1n) is 12.5. The zero-order valence-electron chi connectivity index (χ0n) is 20.5. The molecular formula is C29H25FN4O3S. The summed E-state index contributed by atoms with van der Waals surface area (Å²) < 4.78 is 42.3. The Hall–Kier alpha value is -3.98. The van der Waals surface area contributed by atoms with Crippen molar-refractivity contribution in [2.45, 2.75) is 36.7 Å². The van der Waals surface area contributed by atoms with Gasteiger partial charge in [0.05, 0.1) is 33.5 Å². The Balaban J connectivity index is 1.41. The molecule has 1 fully saturated rings. The molecule has 9 heteroatoms. The number of benzene rings is 2. The smallest absolute Gasteiger partial charge is 0.191 e. The molecule has 0 spiro atoms. The second-order valence-corrected chi connectivity index (χ2v) is 12.2. The fourth-order valence-corrected chi connectivity index (χ4v) is 7.59. The zero-order valence-corrected chi connectivity index (χ0v) is 21.3. The van der Waals surface area contributed by atoms with Crippen LogP contribution in [0.1, 0.15) is 46.7 Å². The van der Waals surface area contributed by atoms with E-state index in [0.717, 1.165) is 16.8 Å². The predicted molar refractivity (Wildman–Crippen MR) is 141 cm³/mol. The van der Waals surface area contributed by atoms with Gasteiger partial charge < -0.3 is 0 Å². The Kier molecular flexibility index (Phi) is 6.03. The lowest BCUT2D eigenvalue weighted by atomic mass is 9.62. The van der Waals surface area contributed by atoms with Gasteiger partial charge in [-0.3, -0.25) is 9.78 Å². The van der Waals surface area contributed by atoms with Crippen LogP contribution in [0, 0.1) is 11.2 Å². The van der Waals surface area contributed by atoms with Gasteiger partial charge in [0.25, 0.3) is 0 Å². The number of hydrogen-bond acceptors (Lipinski definition) is 6. The van der Waals surface area contributed by atoms with Gasteiger partial charge in [0.15, 0.2) is 15.6 Å². The third-order valence-corrected chi connectivity index (χ3v) is 9.76. The normalized spacial score (nSPS) is 20.8. The third-order valence-electron chi connectivity index (χ3n) is 7.61. The first-order valence-corrected chi connectivity index (χ1v) is 14.2. The van der Waals surface area contributed by atoms with Gasteiger partial charge in [-0.1, -0.05) is 47.2 Å². The number of aromatic nitrogens is 4. The van der Waals surface area contributed by atoms with Crippen LogP contribution in [0.2, 0.25) is 0 Å². The molecule has 6 rings (SSSR count). The summed E-state index contributed by atoms with van der Waals surface area (Å²) in [6.45, 7) is 0. The Morgan fingerprint density at radius 2 is 1.79 bits per heavy atom. The van der Waals surface area contributed by atoms with Crippen LogP contribution in [0.3, 0.4) is 0 Å². The molecule has 4 aromatic rings. The maximum absolute atomic E-state index is 14.1. The summed E-state index contributed by atoms with van der Waals surface area (Å²) in [6, 6.07) is 20.2. The third kappa shape index (κ3) is 4.26. The van der Waals surface area contributed by atoms with Gasteiger partial charge in [0.2, 0.25) is 0 Å². The Morgan fingerprint density at radius 1 is 1.03 bits per heavy atom. The summed E-state index contributed by atoms with van der Waals surface area (Å²) in [5.41, 5.74) is 2.78. The molecule has 0 radical (unpaired) electrons. The molecule has 2 aromatic carbocycles. The van der Waals surface area contributed by atoms with Crippen molar-refractivity contribution in [1.29, 1.82) is 0 Å². The van der Waals surface area contributed by atoms with Crippen molar-refractivity contribution < 1.29 is 17.6 Å². The topological polar surface area (TPSA) is 94.8 Å². The minimum atomic E-state index is -3.54. The highest BCUT2D eigenvalue weighted by molar-refractivity contribution is 7.91. The molecule has 0 aliphatic heterocycles. The van der Waals surface area contributed by atoms with Crippen LogP contribution in [0.25, 0.3) is 11.8 Å². The number of carbonyl (C=O) groups excluding carboxylic acids is 1. The van der Waals surface area contributed by atoms with E-state index < -0.39 is 20.5 Å². The van der Waals surface area contributed by atoms with Crippen molar-refractivity contribution >= 4 is 21.7 Å². The number of rotatable bonds is 6. The van der Waals surface area contributed by atoms with E-state index in [1.807, 2.05) is 24.3 Å². The van der Waals surface area contributed by atoms with Crippen molar-refractivity contribution in [1.82, 2.24) is 20.0 Å². The van der Waals surface area contributed by atoms with E-state index in [1.54, 1.807) is 53.3 Å². The van der Waals surface area contributed by atoms with E-state index in [9.17, 15) is 17.6 Å². The predicted octanol–water partition coefficient (Wildman–Crippen LogP) is 4.78. The number of Topliss-reactive ketones (excluding diaryl/α,β-unsaturated/α-hetero) is 1. The van der Waals surface area contributed by atoms with Crippen LogP contribution in [-0.4, -0.2) is 39.4 Å². The standard InChI is InChI=1S/C29H25FN4O3S/c30-22-10-12-23(13-11-22)34-27-16-21-9-14-24(38(36,37)19-20-6-2-1-3-7-20)17-29(21,18-26(27)32-33-34)28(35)25-8-4-5-15-31-25/h1-8,10-13,15-16,24H,9,14,17-19H2/t24-,29+/m0/s1. The van der Waals surface area contributed by atoms with Crippen molar-refractivity contribution in [3.8, 4) is 5.69 Å². The summed E-state index contributed by atoms with van der Waals surface area (Å²) >= 11 is 0. The quantitative estimate of drug-likeness (QED) is 0.335. The molecule has 0 bridgehead atoms. The Morgan fingerprint density at radius 3 is 2.53 bits per heavy atom. The second-order valence-electron chi connectivity index (χ2n) is 9.94. The van der Waals surface area contributed by atoms with Crippen LogP contribution in [0.15, 0.2) is 84.6 Å². The lowest BCUT2D eigenvalue weighted by molar-refractivity contribution is 0.0795. The van der Waals surface area contributed by atoms with Gasteiger partial charge in [-0.25, -0.2) is 17.5 Å². The maximum atomic E-state index is 14.1. The van der Waals surface area contributed by atoms with Gasteiger partial charge in [-0.05, 0) is 67.3 Å². The molecule has 0 N–H and O–H groups in total.